The maximum Gasteiger partial charge on any atom is 0.573 e. The lowest BCUT2D eigenvalue weighted by molar-refractivity contribution is -0.274. The number of halogens is 3. The third-order valence-electron chi connectivity index (χ3n) is 6.20. The summed E-state index contributed by atoms with van der Waals surface area (Å²) in [4.78, 5) is 49.8. The van der Waals surface area contributed by atoms with Crippen LogP contribution in [0.2, 0.25) is 0 Å². The van der Waals surface area contributed by atoms with Crippen LogP contribution in [0.1, 0.15) is 74.8 Å². The molecule has 3 aromatic carbocycles. The van der Waals surface area contributed by atoms with Crippen molar-refractivity contribution >= 4 is 23.4 Å². The topological polar surface area (TPSA) is 110 Å². The van der Waals surface area contributed by atoms with Gasteiger partial charge in [-0.25, -0.2) is 0 Å². The first-order valence-electron chi connectivity index (χ1n) is 12.9. The van der Waals surface area contributed by atoms with Crippen LogP contribution in [0, 0.1) is 5.92 Å². The molecule has 2 N–H and O–H groups in total. The summed E-state index contributed by atoms with van der Waals surface area (Å²) in [6, 6.07) is 17.6. The Bertz CT molecular complexity index is 1360. The van der Waals surface area contributed by atoms with Crippen LogP contribution < -0.4 is 10.1 Å². The number of benzene rings is 3. The number of hydrogen-bond donors (Lipinski definition) is 2. The van der Waals surface area contributed by atoms with Crippen molar-refractivity contribution in [3.05, 3.63) is 101 Å². The van der Waals surface area contributed by atoms with Crippen LogP contribution in [0.4, 0.5) is 13.2 Å². The predicted octanol–water partition coefficient (Wildman–Crippen LogP) is 6.23. The average molecular weight is 570 g/mol. The highest BCUT2D eigenvalue weighted by molar-refractivity contribution is 6.06. The number of hydrogen-bond acceptors (Lipinski definition) is 5. The smallest absolute Gasteiger partial charge is 0.481 e. The SMILES string of the molecule is CC(C)Cc1ccc(C(=O)C(CC(=O)c2ccc(OC(F)(F)F)cc2)c2ccc(C(=O)NCCC(=O)O)cc2)cc1. The van der Waals surface area contributed by atoms with Gasteiger partial charge in [-0.2, -0.15) is 0 Å². The highest BCUT2D eigenvalue weighted by atomic mass is 19.4. The number of amides is 1. The Morgan fingerprint density at radius 1 is 0.829 bits per heavy atom. The van der Waals surface area contributed by atoms with Crippen LogP contribution in [-0.4, -0.2) is 41.5 Å². The van der Waals surface area contributed by atoms with Crippen molar-refractivity contribution in [1.29, 1.82) is 0 Å². The zero-order valence-electron chi connectivity index (χ0n) is 22.5. The first-order chi connectivity index (χ1) is 19.3. The predicted molar refractivity (Wildman–Crippen MR) is 145 cm³/mol. The number of alkyl halides is 3. The molecule has 7 nitrogen and oxygen atoms in total. The molecule has 0 spiro atoms. The standard InChI is InChI=1S/C31H30F3NO6/c1-19(2)17-20-3-5-23(6-4-20)29(39)26(18-27(36)22-11-13-25(14-12-22)41-31(32,33)34)21-7-9-24(10-8-21)30(40)35-16-15-28(37)38/h3-14,19,26H,15-18H2,1-2H3,(H,35,40)(H,37,38). The molecule has 0 saturated heterocycles. The molecule has 0 bridgehead atoms. The highest BCUT2D eigenvalue weighted by Gasteiger charge is 2.31. The van der Waals surface area contributed by atoms with E-state index in [0.29, 0.717) is 17.0 Å². The Morgan fingerprint density at radius 3 is 1.93 bits per heavy atom. The van der Waals surface area contributed by atoms with E-state index in [1.165, 1.54) is 24.3 Å². The number of carbonyl (C=O) groups is 4. The van der Waals surface area contributed by atoms with Crippen molar-refractivity contribution in [1.82, 2.24) is 5.32 Å². The van der Waals surface area contributed by atoms with Crippen LogP contribution in [0.25, 0.3) is 0 Å². The molecule has 0 fully saturated rings. The van der Waals surface area contributed by atoms with Gasteiger partial charge in [0.15, 0.2) is 11.6 Å². The van der Waals surface area contributed by atoms with E-state index < -0.39 is 35.7 Å². The van der Waals surface area contributed by atoms with Crippen molar-refractivity contribution in [2.24, 2.45) is 5.92 Å². The Balaban J connectivity index is 1.85. The molecule has 1 unspecified atom stereocenters. The Hall–Kier alpha value is -4.47. The van der Waals surface area contributed by atoms with Crippen molar-refractivity contribution in [3.63, 3.8) is 0 Å². The van der Waals surface area contributed by atoms with E-state index in [4.69, 9.17) is 5.11 Å². The van der Waals surface area contributed by atoms with E-state index in [2.05, 4.69) is 23.9 Å². The number of carbonyl (C=O) groups excluding carboxylic acids is 3. The molecule has 3 rings (SSSR count). The molecular weight excluding hydrogens is 539 g/mol. The quantitative estimate of drug-likeness (QED) is 0.236. The molecular formula is C31H30F3NO6. The van der Waals surface area contributed by atoms with Gasteiger partial charge in [0, 0.05) is 29.7 Å². The molecule has 41 heavy (non-hydrogen) atoms. The fourth-order valence-corrected chi connectivity index (χ4v) is 4.24. The van der Waals surface area contributed by atoms with Crippen LogP contribution >= 0.6 is 0 Å². The molecule has 0 aliphatic carbocycles. The normalized spacial score (nSPS) is 12.0. The molecule has 0 aliphatic heterocycles. The van der Waals surface area contributed by atoms with E-state index in [1.54, 1.807) is 24.3 Å². The van der Waals surface area contributed by atoms with Gasteiger partial charge in [-0.05, 0) is 59.9 Å². The second-order valence-electron chi connectivity index (χ2n) is 9.93. The molecule has 3 aromatic rings. The minimum atomic E-state index is -4.87. The Kier molecular flexibility index (Phi) is 10.4. The van der Waals surface area contributed by atoms with Crippen LogP contribution in [0.15, 0.2) is 72.8 Å². The lowest BCUT2D eigenvalue weighted by Crippen LogP contribution is -2.26. The summed E-state index contributed by atoms with van der Waals surface area (Å²) in [6.45, 7) is 4.11. The van der Waals surface area contributed by atoms with Gasteiger partial charge < -0.3 is 15.2 Å². The van der Waals surface area contributed by atoms with E-state index in [-0.39, 0.29) is 36.3 Å². The van der Waals surface area contributed by atoms with Gasteiger partial charge in [0.25, 0.3) is 5.91 Å². The molecule has 1 atom stereocenters. The van der Waals surface area contributed by atoms with E-state index >= 15 is 0 Å². The van der Waals surface area contributed by atoms with Crippen LogP contribution in [-0.2, 0) is 11.2 Å². The lowest BCUT2D eigenvalue weighted by atomic mass is 9.84. The molecule has 0 radical (unpaired) electrons. The number of ether oxygens (including phenoxy) is 1. The van der Waals surface area contributed by atoms with Gasteiger partial charge in [0.05, 0.1) is 12.3 Å². The van der Waals surface area contributed by atoms with Crippen molar-refractivity contribution in [3.8, 4) is 5.75 Å². The summed E-state index contributed by atoms with van der Waals surface area (Å²) >= 11 is 0. The fourth-order valence-electron chi connectivity index (χ4n) is 4.24. The number of carboxylic acids is 1. The summed E-state index contributed by atoms with van der Waals surface area (Å²) in [5.41, 5.74) is 2.27. The summed E-state index contributed by atoms with van der Waals surface area (Å²) in [7, 11) is 0. The number of carboxylic acid groups (broad SMARTS) is 1. The zero-order chi connectivity index (χ0) is 30.2. The van der Waals surface area contributed by atoms with E-state index in [9.17, 15) is 32.3 Å². The van der Waals surface area contributed by atoms with Gasteiger partial charge in [-0.15, -0.1) is 13.2 Å². The highest BCUT2D eigenvalue weighted by Crippen LogP contribution is 2.29. The summed E-state index contributed by atoms with van der Waals surface area (Å²) in [5, 5.41) is 11.2. The van der Waals surface area contributed by atoms with Crippen LogP contribution in [0.3, 0.4) is 0 Å². The van der Waals surface area contributed by atoms with Gasteiger partial charge >= 0.3 is 12.3 Å². The number of rotatable bonds is 13. The number of ketones is 2. The monoisotopic (exact) mass is 569 g/mol. The molecule has 0 saturated carbocycles. The minimum Gasteiger partial charge on any atom is -0.481 e. The van der Waals surface area contributed by atoms with Crippen molar-refractivity contribution in [2.75, 3.05) is 6.54 Å². The van der Waals surface area contributed by atoms with Gasteiger partial charge in [-0.1, -0.05) is 50.2 Å². The van der Waals surface area contributed by atoms with E-state index in [1.807, 2.05) is 12.1 Å². The van der Waals surface area contributed by atoms with Gasteiger partial charge in [0.2, 0.25) is 0 Å². The maximum atomic E-state index is 13.6. The number of aliphatic carboxylic acids is 1. The van der Waals surface area contributed by atoms with Crippen LogP contribution in [0.5, 0.6) is 5.75 Å². The lowest BCUT2D eigenvalue weighted by Gasteiger charge is -2.17. The maximum absolute atomic E-state index is 13.6. The molecule has 216 valence electrons. The zero-order valence-corrected chi connectivity index (χ0v) is 22.5. The summed E-state index contributed by atoms with van der Waals surface area (Å²) in [6.07, 6.45) is -4.54. The molecule has 0 heterocycles. The fraction of sp³-hybridized carbons (Fsp3) is 0.290. The average Bonchev–Trinajstić information content (AvgIpc) is 2.90. The Morgan fingerprint density at radius 2 is 1.39 bits per heavy atom. The van der Waals surface area contributed by atoms with Gasteiger partial charge in [0.1, 0.15) is 5.75 Å². The largest absolute Gasteiger partial charge is 0.573 e. The summed E-state index contributed by atoms with van der Waals surface area (Å²) < 4.78 is 41.3. The molecule has 10 heteroatoms. The first kappa shape index (κ1) is 31.1. The second-order valence-corrected chi connectivity index (χ2v) is 9.93. The number of Topliss-reactive ketones (excluding diaryl/α,β-unsaturated/α-hetero) is 2. The third kappa shape index (κ3) is 9.59. The summed E-state index contributed by atoms with van der Waals surface area (Å²) in [5.74, 6) is -3.31. The molecule has 0 aromatic heterocycles. The minimum absolute atomic E-state index is 0.0505. The van der Waals surface area contributed by atoms with Crippen molar-refractivity contribution in [2.45, 2.75) is 45.4 Å². The third-order valence-corrected chi connectivity index (χ3v) is 6.20. The van der Waals surface area contributed by atoms with Gasteiger partial charge in [-0.3, -0.25) is 19.2 Å². The second kappa shape index (κ2) is 13.7. The Labute approximate surface area is 235 Å². The first-order valence-corrected chi connectivity index (χ1v) is 12.9. The molecule has 1 amide bonds. The molecule has 0 aliphatic rings. The van der Waals surface area contributed by atoms with E-state index in [0.717, 1.165) is 24.1 Å². The van der Waals surface area contributed by atoms with Crippen molar-refractivity contribution < 1.29 is 42.2 Å². The number of nitrogens with one attached hydrogen (secondary N) is 1.